The van der Waals surface area contributed by atoms with Crippen molar-refractivity contribution in [1.82, 2.24) is 20.0 Å². The molecular weight excluding hydrogens is 338 g/mol. The van der Waals surface area contributed by atoms with Crippen molar-refractivity contribution in [1.29, 1.82) is 0 Å². The molecule has 8 heteroatoms. The van der Waals surface area contributed by atoms with E-state index in [1.165, 1.54) is 43.4 Å². The first-order valence-corrected chi connectivity index (χ1v) is 10.0. The molecule has 0 unspecified atom stereocenters. The smallest absolute Gasteiger partial charge is 0.226 e. The Balaban J connectivity index is 1.41. The number of aromatic nitrogens is 2. The molecule has 1 aromatic rings. The fourth-order valence-electron chi connectivity index (χ4n) is 3.42. The fraction of sp³-hybridized carbons (Fsp3) is 0.765. The van der Waals surface area contributed by atoms with Crippen LogP contribution >= 0.6 is 11.3 Å². The molecule has 1 aromatic heterocycles. The van der Waals surface area contributed by atoms with Gasteiger partial charge in [-0.2, -0.15) is 0 Å². The van der Waals surface area contributed by atoms with Crippen LogP contribution in [0.2, 0.25) is 0 Å². The van der Waals surface area contributed by atoms with Gasteiger partial charge in [0.2, 0.25) is 16.9 Å². The number of rotatable bonds is 5. The molecule has 1 saturated carbocycles. The van der Waals surface area contributed by atoms with Crippen LogP contribution in [0.3, 0.4) is 0 Å². The first-order chi connectivity index (χ1) is 12.1. The second kappa shape index (κ2) is 8.71. The third kappa shape index (κ3) is 5.22. The van der Waals surface area contributed by atoms with Crippen LogP contribution in [-0.4, -0.2) is 65.0 Å². The van der Waals surface area contributed by atoms with Gasteiger partial charge in [0.25, 0.3) is 0 Å². The SMILES string of the molecule is CN1CCN(C(=O)CCC(=O)Nc2nnc(C3CCCCC3)s2)CC1. The molecule has 2 fully saturated rings. The molecule has 25 heavy (non-hydrogen) atoms. The van der Waals surface area contributed by atoms with E-state index < -0.39 is 0 Å². The Morgan fingerprint density at radius 1 is 1.08 bits per heavy atom. The topological polar surface area (TPSA) is 78.4 Å². The number of carbonyl (C=O) groups is 2. The molecule has 2 aliphatic rings. The van der Waals surface area contributed by atoms with Gasteiger partial charge in [0.15, 0.2) is 0 Å². The standard InChI is InChI=1S/C17H27N5O2S/c1-21-9-11-22(12-10-21)15(24)8-7-14(23)18-17-20-19-16(25-17)13-5-3-2-4-6-13/h13H,2-12H2,1H3,(H,18,20,23). The fourth-order valence-corrected chi connectivity index (χ4v) is 4.34. The Morgan fingerprint density at radius 2 is 1.80 bits per heavy atom. The number of piperazine rings is 1. The molecule has 7 nitrogen and oxygen atoms in total. The van der Waals surface area contributed by atoms with Gasteiger partial charge in [0.05, 0.1) is 0 Å². The minimum Gasteiger partial charge on any atom is -0.340 e. The van der Waals surface area contributed by atoms with Crippen LogP contribution in [0.5, 0.6) is 0 Å². The van der Waals surface area contributed by atoms with Crippen LogP contribution in [0.25, 0.3) is 0 Å². The van der Waals surface area contributed by atoms with E-state index in [2.05, 4.69) is 27.5 Å². The van der Waals surface area contributed by atoms with Gasteiger partial charge in [-0.25, -0.2) is 0 Å². The maximum Gasteiger partial charge on any atom is 0.226 e. The van der Waals surface area contributed by atoms with Crippen molar-refractivity contribution >= 4 is 28.3 Å². The largest absolute Gasteiger partial charge is 0.340 e. The maximum atomic E-state index is 12.2. The summed E-state index contributed by atoms with van der Waals surface area (Å²) in [6.45, 7) is 3.29. The highest BCUT2D eigenvalue weighted by Crippen LogP contribution is 2.35. The lowest BCUT2D eigenvalue weighted by atomic mass is 9.90. The number of anilines is 1. The molecule has 0 radical (unpaired) electrons. The van der Waals surface area contributed by atoms with Gasteiger partial charge >= 0.3 is 0 Å². The van der Waals surface area contributed by atoms with Gasteiger partial charge < -0.3 is 15.1 Å². The van der Waals surface area contributed by atoms with Crippen molar-refractivity contribution in [2.75, 3.05) is 38.5 Å². The van der Waals surface area contributed by atoms with E-state index in [9.17, 15) is 9.59 Å². The Morgan fingerprint density at radius 3 is 2.52 bits per heavy atom. The summed E-state index contributed by atoms with van der Waals surface area (Å²) in [6, 6.07) is 0. The number of hydrogen-bond donors (Lipinski definition) is 1. The van der Waals surface area contributed by atoms with Gasteiger partial charge in [-0.3, -0.25) is 9.59 Å². The van der Waals surface area contributed by atoms with Crippen molar-refractivity contribution in [3.8, 4) is 0 Å². The van der Waals surface area contributed by atoms with Crippen LogP contribution in [0, 0.1) is 0 Å². The number of likely N-dealkylation sites (N-methyl/N-ethyl adjacent to an activating group) is 1. The first-order valence-electron chi connectivity index (χ1n) is 9.21. The molecule has 0 atom stereocenters. The van der Waals surface area contributed by atoms with Crippen molar-refractivity contribution in [3.63, 3.8) is 0 Å². The Bertz CT molecular complexity index is 592. The summed E-state index contributed by atoms with van der Waals surface area (Å²) in [5, 5.41) is 12.7. The minimum absolute atomic E-state index is 0.0587. The Hall–Kier alpha value is -1.54. The normalized spacial score (nSPS) is 19.8. The molecular formula is C17H27N5O2S. The van der Waals surface area contributed by atoms with Crippen molar-refractivity contribution in [2.24, 2.45) is 0 Å². The van der Waals surface area contributed by atoms with Crippen LogP contribution < -0.4 is 5.32 Å². The Labute approximate surface area is 152 Å². The van der Waals surface area contributed by atoms with Crippen LogP contribution in [0.4, 0.5) is 5.13 Å². The second-order valence-electron chi connectivity index (χ2n) is 7.01. The van der Waals surface area contributed by atoms with E-state index in [1.54, 1.807) is 0 Å². The quantitative estimate of drug-likeness (QED) is 0.864. The van der Waals surface area contributed by atoms with Crippen LogP contribution in [-0.2, 0) is 9.59 Å². The molecule has 1 aliphatic carbocycles. The molecule has 0 aromatic carbocycles. The predicted molar refractivity (Wildman–Crippen MR) is 97.7 cm³/mol. The van der Waals surface area contributed by atoms with E-state index in [4.69, 9.17) is 0 Å². The predicted octanol–water partition coefficient (Wildman–Crippen LogP) is 2.08. The Kier molecular flexibility index (Phi) is 6.36. The van der Waals surface area contributed by atoms with E-state index in [-0.39, 0.29) is 24.7 Å². The summed E-state index contributed by atoms with van der Waals surface area (Å²) in [5.41, 5.74) is 0. The number of nitrogens with one attached hydrogen (secondary N) is 1. The molecule has 1 N–H and O–H groups in total. The van der Waals surface area contributed by atoms with Gasteiger partial charge in [-0.05, 0) is 19.9 Å². The average Bonchev–Trinajstić information content (AvgIpc) is 3.09. The molecule has 2 amide bonds. The van der Waals surface area contributed by atoms with E-state index in [0.717, 1.165) is 31.2 Å². The van der Waals surface area contributed by atoms with Crippen LogP contribution in [0.15, 0.2) is 0 Å². The molecule has 3 rings (SSSR count). The average molecular weight is 366 g/mol. The zero-order valence-corrected chi connectivity index (χ0v) is 15.7. The second-order valence-corrected chi connectivity index (χ2v) is 8.02. The highest BCUT2D eigenvalue weighted by molar-refractivity contribution is 7.15. The van der Waals surface area contributed by atoms with E-state index in [1.807, 2.05) is 4.90 Å². The molecule has 0 spiro atoms. The lowest BCUT2D eigenvalue weighted by Crippen LogP contribution is -2.47. The number of nitrogens with zero attached hydrogens (tertiary/aromatic N) is 4. The van der Waals surface area contributed by atoms with E-state index >= 15 is 0 Å². The molecule has 2 heterocycles. The van der Waals surface area contributed by atoms with Crippen LogP contribution in [0.1, 0.15) is 55.9 Å². The van der Waals surface area contributed by atoms with Crippen molar-refractivity contribution in [3.05, 3.63) is 5.01 Å². The summed E-state index contributed by atoms with van der Waals surface area (Å²) in [4.78, 5) is 28.3. The molecule has 1 saturated heterocycles. The van der Waals surface area contributed by atoms with Gasteiger partial charge in [0.1, 0.15) is 5.01 Å². The maximum absolute atomic E-state index is 12.2. The summed E-state index contributed by atoms with van der Waals surface area (Å²) in [6.07, 6.45) is 6.60. The van der Waals surface area contributed by atoms with Gasteiger partial charge in [-0.15, -0.1) is 10.2 Å². The lowest BCUT2D eigenvalue weighted by Gasteiger charge is -2.32. The highest BCUT2D eigenvalue weighted by atomic mass is 32.1. The summed E-state index contributed by atoms with van der Waals surface area (Å²) >= 11 is 1.48. The number of hydrogen-bond acceptors (Lipinski definition) is 6. The summed E-state index contributed by atoms with van der Waals surface area (Å²) in [5.74, 6) is 0.396. The van der Waals surface area contributed by atoms with Gasteiger partial charge in [-0.1, -0.05) is 30.6 Å². The molecule has 0 bridgehead atoms. The highest BCUT2D eigenvalue weighted by Gasteiger charge is 2.21. The minimum atomic E-state index is -0.158. The zero-order chi connectivity index (χ0) is 17.6. The summed E-state index contributed by atoms with van der Waals surface area (Å²) < 4.78 is 0. The number of amides is 2. The zero-order valence-electron chi connectivity index (χ0n) is 14.9. The lowest BCUT2D eigenvalue weighted by molar-refractivity contribution is -0.134. The van der Waals surface area contributed by atoms with Crippen molar-refractivity contribution in [2.45, 2.75) is 50.9 Å². The first kappa shape index (κ1) is 18.3. The molecule has 1 aliphatic heterocycles. The number of carbonyl (C=O) groups excluding carboxylic acids is 2. The van der Waals surface area contributed by atoms with Gasteiger partial charge in [0, 0.05) is 44.9 Å². The third-order valence-corrected chi connectivity index (χ3v) is 6.06. The summed E-state index contributed by atoms with van der Waals surface area (Å²) in [7, 11) is 2.05. The monoisotopic (exact) mass is 365 g/mol. The van der Waals surface area contributed by atoms with E-state index in [0.29, 0.717) is 11.0 Å². The third-order valence-electron chi connectivity index (χ3n) is 5.06. The van der Waals surface area contributed by atoms with Crippen molar-refractivity contribution < 1.29 is 9.59 Å². The molecule has 138 valence electrons.